The first-order chi connectivity index (χ1) is 19.8. The number of aryl methyl sites for hydroxylation is 1. The topological polar surface area (TPSA) is 69.0 Å². The van der Waals surface area contributed by atoms with Crippen molar-refractivity contribution in [2.45, 2.75) is 26.1 Å². The van der Waals surface area contributed by atoms with E-state index in [2.05, 4.69) is 0 Å². The summed E-state index contributed by atoms with van der Waals surface area (Å²) in [6, 6.07) is 23.4. The normalized spacial score (nSPS) is 14.4. The van der Waals surface area contributed by atoms with Crippen LogP contribution < -0.4 is 14.9 Å². The van der Waals surface area contributed by atoms with E-state index in [1.807, 2.05) is 30.3 Å². The number of carbonyl (C=O) groups excluding carboxylic acids is 1. The molecule has 1 aliphatic heterocycles. The van der Waals surface area contributed by atoms with Crippen LogP contribution >= 0.6 is 11.6 Å². The zero-order chi connectivity index (χ0) is 28.7. The fourth-order valence-electron chi connectivity index (χ4n) is 5.15. The number of carbonyl (C=O) groups is 1. The van der Waals surface area contributed by atoms with Crippen LogP contribution in [0, 0.1) is 12.7 Å². The minimum absolute atomic E-state index is 0.0281. The van der Waals surface area contributed by atoms with Crippen LogP contribution in [0.25, 0.3) is 11.0 Å². The Bertz CT molecular complexity index is 1840. The van der Waals surface area contributed by atoms with Crippen LogP contribution in [-0.2, 0) is 13.2 Å². The lowest BCUT2D eigenvalue weighted by Gasteiger charge is -2.26. The van der Waals surface area contributed by atoms with Crippen molar-refractivity contribution in [1.29, 1.82) is 0 Å². The summed E-state index contributed by atoms with van der Waals surface area (Å²) in [6.45, 7) is 2.26. The standard InChI is InChI=1S/C33H25ClFNO5/c1-19-14-27-24(16-25(19)34)31(37)29-30(36(33(38)32(29)41-27)17-20-8-11-23(35)12-9-20)22-10-13-26(28(15-22)39-2)40-18-21-6-4-3-5-7-21/h3-16,30H,17-18H2,1-2H3. The molecule has 0 spiro atoms. The van der Waals surface area contributed by atoms with Crippen LogP contribution in [0.2, 0.25) is 5.02 Å². The van der Waals surface area contributed by atoms with E-state index in [1.54, 1.807) is 54.3 Å². The third-order valence-electron chi connectivity index (χ3n) is 7.25. The van der Waals surface area contributed by atoms with Crippen molar-refractivity contribution in [1.82, 2.24) is 4.90 Å². The van der Waals surface area contributed by atoms with Gasteiger partial charge in [-0.1, -0.05) is 60.1 Å². The number of fused-ring (bicyclic) bond motifs is 2. The highest BCUT2D eigenvalue weighted by atomic mass is 35.5. The van der Waals surface area contributed by atoms with Gasteiger partial charge in [0.05, 0.1) is 24.1 Å². The Labute approximate surface area is 240 Å². The predicted octanol–water partition coefficient (Wildman–Crippen LogP) is 7.23. The summed E-state index contributed by atoms with van der Waals surface area (Å²) in [5.41, 5.74) is 3.21. The molecular formula is C33H25ClFNO5. The van der Waals surface area contributed by atoms with Gasteiger partial charge in [0.1, 0.15) is 18.0 Å². The molecule has 0 fully saturated rings. The van der Waals surface area contributed by atoms with Crippen molar-refractivity contribution in [2.75, 3.05) is 7.11 Å². The zero-order valence-corrected chi connectivity index (χ0v) is 23.1. The zero-order valence-electron chi connectivity index (χ0n) is 22.3. The molecule has 41 heavy (non-hydrogen) atoms. The van der Waals surface area contributed by atoms with Crippen molar-refractivity contribution in [3.8, 4) is 11.5 Å². The Kier molecular flexibility index (Phi) is 6.97. The lowest BCUT2D eigenvalue weighted by Crippen LogP contribution is -2.29. The monoisotopic (exact) mass is 569 g/mol. The Hall–Kier alpha value is -4.62. The van der Waals surface area contributed by atoms with Gasteiger partial charge >= 0.3 is 0 Å². The Morgan fingerprint density at radius 2 is 1.68 bits per heavy atom. The summed E-state index contributed by atoms with van der Waals surface area (Å²) in [5.74, 6) is 0.115. The number of benzene rings is 4. The maximum atomic E-state index is 13.9. The molecule has 4 aromatic carbocycles. The largest absolute Gasteiger partial charge is 0.493 e. The van der Waals surface area contributed by atoms with Crippen LogP contribution in [0.5, 0.6) is 11.5 Å². The molecule has 1 aliphatic rings. The molecular weight excluding hydrogens is 545 g/mol. The number of ether oxygens (including phenoxy) is 2. The summed E-state index contributed by atoms with van der Waals surface area (Å²) in [7, 11) is 1.53. The van der Waals surface area contributed by atoms with Crippen LogP contribution in [0.3, 0.4) is 0 Å². The van der Waals surface area contributed by atoms with Gasteiger partial charge in [0.15, 0.2) is 16.9 Å². The number of hydrogen-bond donors (Lipinski definition) is 0. The third-order valence-corrected chi connectivity index (χ3v) is 7.66. The van der Waals surface area contributed by atoms with Gasteiger partial charge in [0.25, 0.3) is 5.91 Å². The second-order valence-corrected chi connectivity index (χ2v) is 10.3. The van der Waals surface area contributed by atoms with E-state index in [-0.39, 0.29) is 40.1 Å². The van der Waals surface area contributed by atoms with Gasteiger partial charge < -0.3 is 18.8 Å². The summed E-state index contributed by atoms with van der Waals surface area (Å²) < 4.78 is 31.4. The number of methoxy groups -OCH3 is 1. The Morgan fingerprint density at radius 1 is 0.927 bits per heavy atom. The van der Waals surface area contributed by atoms with Crippen LogP contribution in [0.1, 0.15) is 44.4 Å². The van der Waals surface area contributed by atoms with Gasteiger partial charge in [-0.2, -0.15) is 0 Å². The average Bonchev–Trinajstić information content (AvgIpc) is 3.25. The Morgan fingerprint density at radius 3 is 2.41 bits per heavy atom. The second kappa shape index (κ2) is 10.7. The van der Waals surface area contributed by atoms with Gasteiger partial charge in [-0.25, -0.2) is 4.39 Å². The minimum Gasteiger partial charge on any atom is -0.493 e. The maximum absolute atomic E-state index is 13.9. The lowest BCUT2D eigenvalue weighted by molar-refractivity contribution is 0.0714. The van der Waals surface area contributed by atoms with E-state index in [0.717, 1.165) is 11.1 Å². The van der Waals surface area contributed by atoms with E-state index < -0.39 is 11.9 Å². The molecule has 1 unspecified atom stereocenters. The third kappa shape index (κ3) is 4.93. The molecule has 2 heterocycles. The van der Waals surface area contributed by atoms with E-state index in [0.29, 0.717) is 34.3 Å². The molecule has 0 radical (unpaired) electrons. The second-order valence-electron chi connectivity index (χ2n) is 9.92. The molecule has 0 bridgehead atoms. The number of nitrogens with zero attached hydrogens (tertiary/aromatic N) is 1. The molecule has 1 atom stereocenters. The van der Waals surface area contributed by atoms with Crippen LogP contribution in [0.4, 0.5) is 4.39 Å². The predicted molar refractivity (Wildman–Crippen MR) is 154 cm³/mol. The molecule has 1 aromatic heterocycles. The molecule has 6 rings (SSSR count). The molecule has 0 saturated carbocycles. The van der Waals surface area contributed by atoms with Gasteiger partial charge in [0, 0.05) is 11.6 Å². The fourth-order valence-corrected chi connectivity index (χ4v) is 5.31. The van der Waals surface area contributed by atoms with Crippen molar-refractivity contribution in [3.05, 3.63) is 140 Å². The maximum Gasteiger partial charge on any atom is 0.291 e. The van der Waals surface area contributed by atoms with Crippen molar-refractivity contribution >= 4 is 28.5 Å². The highest BCUT2D eigenvalue weighted by Crippen LogP contribution is 2.42. The van der Waals surface area contributed by atoms with Gasteiger partial charge in [0.2, 0.25) is 5.76 Å². The fraction of sp³-hybridized carbons (Fsp3) is 0.152. The average molecular weight is 570 g/mol. The summed E-state index contributed by atoms with van der Waals surface area (Å²) in [6.07, 6.45) is 0. The smallest absolute Gasteiger partial charge is 0.291 e. The lowest BCUT2D eigenvalue weighted by atomic mass is 9.97. The minimum atomic E-state index is -0.791. The number of rotatable bonds is 7. The molecule has 206 valence electrons. The van der Waals surface area contributed by atoms with Crippen molar-refractivity contribution in [3.63, 3.8) is 0 Å². The summed E-state index contributed by atoms with van der Waals surface area (Å²) in [5, 5.41) is 0.714. The first-order valence-electron chi connectivity index (χ1n) is 13.0. The molecule has 0 saturated heterocycles. The highest BCUT2D eigenvalue weighted by molar-refractivity contribution is 6.32. The summed E-state index contributed by atoms with van der Waals surface area (Å²) >= 11 is 6.35. The molecule has 8 heteroatoms. The first-order valence-corrected chi connectivity index (χ1v) is 13.4. The van der Waals surface area contributed by atoms with E-state index in [4.69, 9.17) is 25.5 Å². The number of amides is 1. The Balaban J connectivity index is 1.46. The summed E-state index contributed by atoms with van der Waals surface area (Å²) in [4.78, 5) is 29.3. The van der Waals surface area contributed by atoms with E-state index in [1.165, 1.54) is 19.2 Å². The van der Waals surface area contributed by atoms with Crippen LogP contribution in [0.15, 0.2) is 94.1 Å². The van der Waals surface area contributed by atoms with Crippen molar-refractivity contribution < 1.29 is 23.1 Å². The van der Waals surface area contributed by atoms with Crippen LogP contribution in [-0.4, -0.2) is 17.9 Å². The first kappa shape index (κ1) is 26.6. The quantitative estimate of drug-likeness (QED) is 0.207. The van der Waals surface area contributed by atoms with E-state index >= 15 is 0 Å². The molecule has 5 aromatic rings. The molecule has 0 N–H and O–H groups in total. The SMILES string of the molecule is COc1cc(C2c3c(oc4cc(C)c(Cl)cc4c3=O)C(=O)N2Cc2ccc(F)cc2)ccc1OCc1ccccc1. The molecule has 1 amide bonds. The number of halogens is 2. The molecule has 6 nitrogen and oxygen atoms in total. The van der Waals surface area contributed by atoms with Gasteiger partial charge in [-0.05, 0) is 65.6 Å². The van der Waals surface area contributed by atoms with Gasteiger partial charge in [-0.15, -0.1) is 0 Å². The van der Waals surface area contributed by atoms with Gasteiger partial charge in [-0.3, -0.25) is 9.59 Å². The highest BCUT2D eigenvalue weighted by Gasteiger charge is 2.43. The van der Waals surface area contributed by atoms with Crippen molar-refractivity contribution in [2.24, 2.45) is 0 Å². The van der Waals surface area contributed by atoms with E-state index in [9.17, 15) is 14.0 Å². The molecule has 0 aliphatic carbocycles. The number of hydrogen-bond acceptors (Lipinski definition) is 5.